The lowest BCUT2D eigenvalue weighted by Gasteiger charge is -2.27. The average molecular weight is 367 g/mol. The third-order valence-electron chi connectivity index (χ3n) is 4.06. The van der Waals surface area contributed by atoms with E-state index in [1.165, 1.54) is 13.2 Å². The largest absolute Gasteiger partial charge is 0.375 e. The fourth-order valence-electron chi connectivity index (χ4n) is 2.87. The Hall–Kier alpha value is -1.96. The summed E-state index contributed by atoms with van der Waals surface area (Å²) in [6.07, 6.45) is 0. The van der Waals surface area contributed by atoms with Crippen LogP contribution in [-0.4, -0.2) is 40.8 Å². The minimum atomic E-state index is -0.393. The van der Waals surface area contributed by atoms with Gasteiger partial charge in [0.25, 0.3) is 0 Å². The van der Waals surface area contributed by atoms with E-state index in [-0.39, 0.29) is 17.5 Å². The van der Waals surface area contributed by atoms with Gasteiger partial charge in [0.15, 0.2) is 0 Å². The Balaban J connectivity index is 1.59. The summed E-state index contributed by atoms with van der Waals surface area (Å²) in [5, 5.41) is 7.41. The van der Waals surface area contributed by atoms with E-state index in [4.69, 9.17) is 16.3 Å². The van der Waals surface area contributed by atoms with Crippen molar-refractivity contribution in [3.63, 3.8) is 0 Å². The summed E-state index contributed by atoms with van der Waals surface area (Å²) < 4.78 is 20.3. The highest BCUT2D eigenvalue weighted by Crippen LogP contribution is 2.19. The van der Waals surface area contributed by atoms with Crippen LogP contribution in [0.15, 0.2) is 24.3 Å². The van der Waals surface area contributed by atoms with Gasteiger partial charge in [0.05, 0.1) is 29.5 Å². The van der Waals surface area contributed by atoms with Crippen LogP contribution >= 0.6 is 11.6 Å². The van der Waals surface area contributed by atoms with Gasteiger partial charge in [-0.1, -0.05) is 17.7 Å². The Morgan fingerprint density at radius 1 is 1.40 bits per heavy atom. The first-order valence-electron chi connectivity index (χ1n) is 8.02. The number of aromatic nitrogens is 2. The Morgan fingerprint density at radius 2 is 2.24 bits per heavy atom. The number of nitrogens with zero attached hydrogens (tertiary/aromatic N) is 3. The van der Waals surface area contributed by atoms with Crippen molar-refractivity contribution in [1.82, 2.24) is 20.0 Å². The number of halogens is 2. The Labute approximate surface area is 150 Å². The summed E-state index contributed by atoms with van der Waals surface area (Å²) >= 11 is 5.73. The molecule has 6 nitrogen and oxygen atoms in total. The summed E-state index contributed by atoms with van der Waals surface area (Å²) in [5.74, 6) is -0.560. The first-order valence-corrected chi connectivity index (χ1v) is 8.40. The van der Waals surface area contributed by atoms with Crippen molar-refractivity contribution in [3.05, 3.63) is 52.1 Å². The normalized spacial score (nSPS) is 14.4. The molecule has 1 aliphatic rings. The number of hydrogen-bond acceptors (Lipinski definition) is 4. The maximum atomic E-state index is 13.6. The van der Waals surface area contributed by atoms with Gasteiger partial charge >= 0.3 is 0 Å². The Morgan fingerprint density at radius 3 is 3.00 bits per heavy atom. The molecule has 0 fully saturated rings. The lowest BCUT2D eigenvalue weighted by atomic mass is 10.2. The maximum Gasteiger partial charge on any atom is 0.246 e. The number of ether oxygens (including phenoxy) is 1. The van der Waals surface area contributed by atoms with E-state index in [0.29, 0.717) is 13.1 Å². The highest BCUT2D eigenvalue weighted by atomic mass is 35.5. The van der Waals surface area contributed by atoms with Gasteiger partial charge in [-0.25, -0.2) is 4.39 Å². The minimum Gasteiger partial charge on any atom is -0.375 e. The van der Waals surface area contributed by atoms with E-state index in [9.17, 15) is 9.18 Å². The van der Waals surface area contributed by atoms with E-state index in [1.54, 1.807) is 6.07 Å². The fourth-order valence-corrected chi connectivity index (χ4v) is 2.99. The van der Waals surface area contributed by atoms with Gasteiger partial charge in [-0.05, 0) is 23.8 Å². The zero-order chi connectivity index (χ0) is 17.8. The number of rotatable bonds is 6. The molecule has 1 amide bonds. The topological polar surface area (TPSA) is 59.4 Å². The van der Waals surface area contributed by atoms with Crippen molar-refractivity contribution in [1.29, 1.82) is 0 Å². The van der Waals surface area contributed by atoms with Crippen molar-refractivity contribution in [3.8, 4) is 0 Å². The number of fused-ring (bicyclic) bond motifs is 1. The number of benzene rings is 1. The smallest absolute Gasteiger partial charge is 0.246 e. The number of hydrogen-bond donors (Lipinski definition) is 1. The van der Waals surface area contributed by atoms with Gasteiger partial charge in [0.1, 0.15) is 12.4 Å². The zero-order valence-corrected chi connectivity index (χ0v) is 14.7. The molecule has 1 aromatic carbocycles. The molecule has 8 heteroatoms. The van der Waals surface area contributed by atoms with Crippen LogP contribution in [0.3, 0.4) is 0 Å². The lowest BCUT2D eigenvalue weighted by Crippen LogP contribution is -2.33. The molecule has 0 saturated heterocycles. The van der Waals surface area contributed by atoms with Crippen molar-refractivity contribution >= 4 is 17.5 Å². The Bertz CT molecular complexity index is 765. The molecule has 2 aromatic rings. The molecular formula is C17H20ClFN4O2. The second-order valence-electron chi connectivity index (χ2n) is 6.02. The molecule has 0 bridgehead atoms. The highest BCUT2D eigenvalue weighted by molar-refractivity contribution is 6.30. The fraction of sp³-hybridized carbons (Fsp3) is 0.412. The van der Waals surface area contributed by atoms with Crippen LogP contribution < -0.4 is 5.32 Å². The van der Waals surface area contributed by atoms with Gasteiger partial charge in [-0.3, -0.25) is 14.4 Å². The molecule has 0 unspecified atom stereocenters. The molecular weight excluding hydrogens is 347 g/mol. The molecule has 1 aliphatic heterocycles. The third kappa shape index (κ3) is 4.56. The van der Waals surface area contributed by atoms with E-state index >= 15 is 0 Å². The van der Waals surface area contributed by atoms with Crippen LogP contribution in [0.25, 0.3) is 0 Å². The minimum absolute atomic E-state index is 0.0407. The van der Waals surface area contributed by atoms with Gasteiger partial charge in [0.2, 0.25) is 5.91 Å². The standard InChI is InChI=1S/C17H20ClFN4O2/c1-25-11-17(24)20-8-13-7-14-10-22(4-5-23(14)21-13)9-12-2-3-15(18)16(19)6-12/h2-3,6-7H,4-5,8-11H2,1H3,(H,20,24). The Kier molecular flexibility index (Phi) is 5.67. The van der Waals surface area contributed by atoms with Crippen LogP contribution in [0.4, 0.5) is 4.39 Å². The molecule has 1 N–H and O–H groups in total. The van der Waals surface area contributed by atoms with Crippen LogP contribution in [-0.2, 0) is 35.7 Å². The van der Waals surface area contributed by atoms with Gasteiger partial charge < -0.3 is 10.1 Å². The first kappa shape index (κ1) is 17.8. The van der Waals surface area contributed by atoms with Crippen molar-refractivity contribution in [2.75, 3.05) is 20.3 Å². The quantitative estimate of drug-likeness (QED) is 0.849. The van der Waals surface area contributed by atoms with Crippen LogP contribution in [0.1, 0.15) is 17.0 Å². The van der Waals surface area contributed by atoms with E-state index in [1.807, 2.05) is 16.8 Å². The first-order chi connectivity index (χ1) is 12.0. The summed E-state index contributed by atoms with van der Waals surface area (Å²) in [6, 6.07) is 6.89. The van der Waals surface area contributed by atoms with E-state index in [2.05, 4.69) is 15.3 Å². The predicted octanol–water partition coefficient (Wildman–Crippen LogP) is 1.95. The molecule has 2 heterocycles. The molecule has 3 rings (SSSR count). The number of carbonyl (C=O) groups excluding carboxylic acids is 1. The summed E-state index contributed by atoms with van der Waals surface area (Å²) in [5.41, 5.74) is 2.79. The molecule has 0 aliphatic carbocycles. The van der Waals surface area contributed by atoms with Gasteiger partial charge in [-0.15, -0.1) is 0 Å². The predicted molar refractivity (Wildman–Crippen MR) is 91.5 cm³/mol. The van der Waals surface area contributed by atoms with Crippen LogP contribution in [0, 0.1) is 5.82 Å². The second-order valence-corrected chi connectivity index (χ2v) is 6.43. The third-order valence-corrected chi connectivity index (χ3v) is 4.37. The second kappa shape index (κ2) is 7.95. The number of methoxy groups -OCH3 is 1. The monoisotopic (exact) mass is 366 g/mol. The van der Waals surface area contributed by atoms with Crippen molar-refractivity contribution in [2.24, 2.45) is 0 Å². The molecule has 1 aromatic heterocycles. The van der Waals surface area contributed by atoms with E-state index in [0.717, 1.165) is 36.6 Å². The molecule has 134 valence electrons. The molecule has 25 heavy (non-hydrogen) atoms. The SMILES string of the molecule is COCC(=O)NCc1cc2n(n1)CCN(Cc1ccc(Cl)c(F)c1)C2. The van der Waals surface area contributed by atoms with Crippen molar-refractivity contribution in [2.45, 2.75) is 26.2 Å². The molecule has 0 radical (unpaired) electrons. The van der Waals surface area contributed by atoms with Crippen LogP contribution in [0.5, 0.6) is 0 Å². The number of amides is 1. The maximum absolute atomic E-state index is 13.6. The zero-order valence-electron chi connectivity index (χ0n) is 14.0. The van der Waals surface area contributed by atoms with Crippen LogP contribution in [0.2, 0.25) is 5.02 Å². The van der Waals surface area contributed by atoms with E-state index < -0.39 is 5.82 Å². The summed E-state index contributed by atoms with van der Waals surface area (Å²) in [6.45, 7) is 3.39. The van der Waals surface area contributed by atoms with Gasteiger partial charge in [-0.2, -0.15) is 5.10 Å². The molecule has 0 saturated carbocycles. The van der Waals surface area contributed by atoms with Crippen molar-refractivity contribution < 1.29 is 13.9 Å². The molecule has 0 spiro atoms. The number of carbonyl (C=O) groups is 1. The number of nitrogens with one attached hydrogen (secondary N) is 1. The van der Waals surface area contributed by atoms with Gasteiger partial charge in [0, 0.05) is 26.7 Å². The lowest BCUT2D eigenvalue weighted by molar-refractivity contribution is -0.124. The molecule has 0 atom stereocenters. The summed E-state index contributed by atoms with van der Waals surface area (Å²) in [4.78, 5) is 13.7. The average Bonchev–Trinajstić information content (AvgIpc) is 2.99. The summed E-state index contributed by atoms with van der Waals surface area (Å²) in [7, 11) is 1.48. The highest BCUT2D eigenvalue weighted by Gasteiger charge is 2.19.